The number of amides is 2. The van der Waals surface area contributed by atoms with Gasteiger partial charge in [0, 0.05) is 50.8 Å². The quantitative estimate of drug-likeness (QED) is 0.853. The highest BCUT2D eigenvalue weighted by Gasteiger charge is 2.30. The lowest BCUT2D eigenvalue weighted by Gasteiger charge is -2.30. The third-order valence-electron chi connectivity index (χ3n) is 4.77. The summed E-state index contributed by atoms with van der Waals surface area (Å²) in [6.07, 6.45) is 5.35. The van der Waals surface area contributed by atoms with E-state index in [4.69, 9.17) is 4.74 Å². The first kappa shape index (κ1) is 18.1. The van der Waals surface area contributed by atoms with Crippen LogP contribution in [0.25, 0.3) is 0 Å². The molecular formula is C19H24N4O3. The van der Waals surface area contributed by atoms with Crippen LogP contribution in [0.3, 0.4) is 0 Å². The van der Waals surface area contributed by atoms with Crippen LogP contribution < -0.4 is 10.6 Å². The lowest BCUT2D eigenvalue weighted by Crippen LogP contribution is -2.37. The molecule has 26 heavy (non-hydrogen) atoms. The molecule has 1 saturated heterocycles. The summed E-state index contributed by atoms with van der Waals surface area (Å²) in [4.78, 5) is 29.1. The first-order valence-corrected chi connectivity index (χ1v) is 8.78. The molecule has 7 heteroatoms. The van der Waals surface area contributed by atoms with Crippen molar-refractivity contribution >= 4 is 11.8 Å². The van der Waals surface area contributed by atoms with Crippen LogP contribution in [0.2, 0.25) is 0 Å². The molecule has 1 aliphatic heterocycles. The van der Waals surface area contributed by atoms with Crippen molar-refractivity contribution in [3.63, 3.8) is 0 Å². The van der Waals surface area contributed by atoms with Gasteiger partial charge in [0.05, 0.1) is 6.04 Å². The molecule has 0 saturated carbocycles. The number of rotatable bonds is 5. The molecule has 1 unspecified atom stereocenters. The zero-order valence-corrected chi connectivity index (χ0v) is 15.1. The highest BCUT2D eigenvalue weighted by Crippen LogP contribution is 2.29. The van der Waals surface area contributed by atoms with E-state index in [0.29, 0.717) is 24.3 Å². The van der Waals surface area contributed by atoms with E-state index in [1.165, 1.54) is 0 Å². The molecule has 1 aromatic carbocycles. The van der Waals surface area contributed by atoms with Crippen LogP contribution in [0.1, 0.15) is 45.4 Å². The molecule has 1 aromatic heterocycles. The molecule has 138 valence electrons. The topological polar surface area (TPSA) is 85.3 Å². The van der Waals surface area contributed by atoms with Crippen molar-refractivity contribution in [3.05, 3.63) is 53.6 Å². The van der Waals surface area contributed by atoms with Crippen molar-refractivity contribution in [2.75, 3.05) is 20.3 Å². The molecule has 1 aliphatic rings. The van der Waals surface area contributed by atoms with E-state index in [9.17, 15) is 9.59 Å². The van der Waals surface area contributed by atoms with Gasteiger partial charge in [0.1, 0.15) is 5.82 Å². The van der Waals surface area contributed by atoms with Gasteiger partial charge < -0.3 is 19.9 Å². The van der Waals surface area contributed by atoms with Crippen molar-refractivity contribution in [3.8, 4) is 0 Å². The Morgan fingerprint density at radius 1 is 1.23 bits per heavy atom. The Kier molecular flexibility index (Phi) is 5.68. The highest BCUT2D eigenvalue weighted by atomic mass is 16.5. The van der Waals surface area contributed by atoms with Crippen LogP contribution >= 0.6 is 0 Å². The summed E-state index contributed by atoms with van der Waals surface area (Å²) in [6.45, 7) is 1.38. The second-order valence-corrected chi connectivity index (χ2v) is 6.46. The number of nitrogens with one attached hydrogen (secondary N) is 2. The van der Waals surface area contributed by atoms with E-state index >= 15 is 0 Å². The standard InChI is InChI=1S/C19H24N4O3/c1-20-18(24)14-4-3-5-15(12-14)19(25)22-16(13-6-10-26-11-7-13)17-21-8-9-23(17)2/h3-5,8-9,12-13,16H,6-7,10-11H2,1-2H3,(H,20,24)(H,22,25). The van der Waals surface area contributed by atoms with E-state index in [2.05, 4.69) is 15.6 Å². The number of aromatic nitrogens is 2. The molecule has 1 fully saturated rings. The number of aryl methyl sites for hydroxylation is 1. The van der Waals surface area contributed by atoms with E-state index < -0.39 is 0 Å². The minimum Gasteiger partial charge on any atom is -0.381 e. The second kappa shape index (κ2) is 8.14. The van der Waals surface area contributed by atoms with Crippen LogP contribution in [0, 0.1) is 5.92 Å². The van der Waals surface area contributed by atoms with Crippen molar-refractivity contribution < 1.29 is 14.3 Å². The smallest absolute Gasteiger partial charge is 0.251 e. The van der Waals surface area contributed by atoms with Gasteiger partial charge >= 0.3 is 0 Å². The fraction of sp³-hybridized carbons (Fsp3) is 0.421. The first-order chi connectivity index (χ1) is 12.6. The molecule has 1 atom stereocenters. The molecule has 0 bridgehead atoms. The zero-order valence-electron chi connectivity index (χ0n) is 15.1. The summed E-state index contributed by atoms with van der Waals surface area (Å²) in [5, 5.41) is 5.69. The highest BCUT2D eigenvalue weighted by molar-refractivity contribution is 5.99. The Bertz CT molecular complexity index is 781. The summed E-state index contributed by atoms with van der Waals surface area (Å²) < 4.78 is 7.39. The van der Waals surface area contributed by atoms with Crippen LogP contribution in [0.5, 0.6) is 0 Å². The van der Waals surface area contributed by atoms with Gasteiger partial charge in [-0.25, -0.2) is 4.98 Å². The van der Waals surface area contributed by atoms with Gasteiger partial charge in [0.2, 0.25) is 0 Å². The number of nitrogens with zero attached hydrogens (tertiary/aromatic N) is 2. The minimum absolute atomic E-state index is 0.199. The van der Waals surface area contributed by atoms with Gasteiger partial charge in [-0.15, -0.1) is 0 Å². The third kappa shape index (κ3) is 3.94. The third-order valence-corrected chi connectivity index (χ3v) is 4.77. The van der Waals surface area contributed by atoms with Crippen LogP contribution in [-0.4, -0.2) is 41.6 Å². The number of hydrogen-bond acceptors (Lipinski definition) is 4. The number of imidazole rings is 1. The fourth-order valence-electron chi connectivity index (χ4n) is 3.29. The van der Waals surface area contributed by atoms with E-state index in [0.717, 1.165) is 18.7 Å². The van der Waals surface area contributed by atoms with Crippen LogP contribution in [0.4, 0.5) is 0 Å². The number of benzene rings is 1. The number of carbonyl (C=O) groups is 2. The Morgan fingerprint density at radius 2 is 1.92 bits per heavy atom. The first-order valence-electron chi connectivity index (χ1n) is 8.78. The van der Waals surface area contributed by atoms with Gasteiger partial charge in [-0.3, -0.25) is 9.59 Å². The molecule has 2 N–H and O–H groups in total. The lowest BCUT2D eigenvalue weighted by atomic mass is 9.90. The fourth-order valence-corrected chi connectivity index (χ4v) is 3.29. The number of ether oxygens (including phenoxy) is 1. The molecule has 2 amide bonds. The second-order valence-electron chi connectivity index (χ2n) is 6.46. The molecule has 2 aromatic rings. The largest absolute Gasteiger partial charge is 0.381 e. The van der Waals surface area contributed by atoms with Crippen molar-refractivity contribution in [1.29, 1.82) is 0 Å². The predicted octanol–water partition coefficient (Wildman–Crippen LogP) is 1.68. The summed E-state index contributed by atoms with van der Waals surface area (Å²) in [7, 11) is 3.49. The SMILES string of the molecule is CNC(=O)c1cccc(C(=O)NC(c2nccn2C)C2CCOCC2)c1. The molecule has 0 aliphatic carbocycles. The Hall–Kier alpha value is -2.67. The Balaban J connectivity index is 1.83. The van der Waals surface area contributed by atoms with Gasteiger partial charge in [-0.2, -0.15) is 0 Å². The van der Waals surface area contributed by atoms with E-state index in [1.54, 1.807) is 37.5 Å². The van der Waals surface area contributed by atoms with E-state index in [1.807, 2.05) is 17.8 Å². The minimum atomic E-state index is -0.218. The molecule has 0 radical (unpaired) electrons. The number of hydrogen-bond donors (Lipinski definition) is 2. The molecule has 7 nitrogen and oxygen atoms in total. The summed E-state index contributed by atoms with van der Waals surface area (Å²) >= 11 is 0. The summed E-state index contributed by atoms with van der Waals surface area (Å²) in [5.41, 5.74) is 0.914. The maximum atomic E-state index is 12.9. The van der Waals surface area contributed by atoms with Crippen LogP contribution in [-0.2, 0) is 11.8 Å². The summed E-state index contributed by atoms with van der Waals surface area (Å²) in [6, 6.07) is 6.51. The molecule has 2 heterocycles. The van der Waals surface area contributed by atoms with Crippen molar-refractivity contribution in [2.24, 2.45) is 13.0 Å². The molecular weight excluding hydrogens is 332 g/mol. The van der Waals surface area contributed by atoms with Crippen LogP contribution in [0.15, 0.2) is 36.7 Å². The maximum absolute atomic E-state index is 12.9. The Morgan fingerprint density at radius 3 is 2.54 bits per heavy atom. The summed E-state index contributed by atoms with van der Waals surface area (Å²) in [5.74, 6) is 0.656. The van der Waals surface area contributed by atoms with Gasteiger partial charge in [0.15, 0.2) is 0 Å². The van der Waals surface area contributed by atoms with E-state index in [-0.39, 0.29) is 23.8 Å². The zero-order chi connectivity index (χ0) is 18.5. The van der Waals surface area contributed by atoms with Gasteiger partial charge in [0.25, 0.3) is 11.8 Å². The normalized spacial score (nSPS) is 16.1. The Labute approximate surface area is 152 Å². The van der Waals surface area contributed by atoms with Crippen molar-refractivity contribution in [1.82, 2.24) is 20.2 Å². The van der Waals surface area contributed by atoms with Crippen molar-refractivity contribution in [2.45, 2.75) is 18.9 Å². The maximum Gasteiger partial charge on any atom is 0.251 e. The average Bonchev–Trinajstić information content (AvgIpc) is 3.11. The number of carbonyl (C=O) groups excluding carboxylic acids is 2. The van der Waals surface area contributed by atoms with Gasteiger partial charge in [-0.05, 0) is 37.0 Å². The predicted molar refractivity (Wildman–Crippen MR) is 96.8 cm³/mol. The van der Waals surface area contributed by atoms with Gasteiger partial charge in [-0.1, -0.05) is 6.07 Å². The monoisotopic (exact) mass is 356 g/mol. The average molecular weight is 356 g/mol. The molecule has 3 rings (SSSR count). The lowest BCUT2D eigenvalue weighted by molar-refractivity contribution is 0.0499. The molecule has 0 spiro atoms.